The molecule has 110 valence electrons. The number of halogens is 4. The van der Waals surface area contributed by atoms with Crippen LogP contribution in [0.1, 0.15) is 37.9 Å². The molecule has 2 nitrogen and oxygen atoms in total. The molecule has 0 saturated carbocycles. The van der Waals surface area contributed by atoms with E-state index in [1.54, 1.807) is 20.8 Å². The lowest BCUT2D eigenvalue weighted by Crippen LogP contribution is -2.38. The molecule has 2 atom stereocenters. The third-order valence-electron chi connectivity index (χ3n) is 2.85. The maximum Gasteiger partial charge on any atom is 0.416 e. The Kier molecular flexibility index (Phi) is 5.86. The Hall–Kier alpha value is -0.780. The van der Waals surface area contributed by atoms with Crippen LogP contribution in [0.25, 0.3) is 0 Å². The fourth-order valence-electron chi connectivity index (χ4n) is 1.75. The lowest BCUT2D eigenvalue weighted by atomic mass is 9.81. The Balaban J connectivity index is 0.00000324. The molecule has 0 bridgehead atoms. The van der Waals surface area contributed by atoms with Gasteiger partial charge in [0.05, 0.1) is 17.7 Å². The second-order valence-corrected chi connectivity index (χ2v) is 5.42. The molecule has 19 heavy (non-hydrogen) atoms. The van der Waals surface area contributed by atoms with Gasteiger partial charge in [-0.15, -0.1) is 12.4 Å². The summed E-state index contributed by atoms with van der Waals surface area (Å²) in [7, 11) is 0. The molecular formula is C13H19ClF3NO. The van der Waals surface area contributed by atoms with Gasteiger partial charge in [0.25, 0.3) is 0 Å². The van der Waals surface area contributed by atoms with E-state index >= 15 is 0 Å². The van der Waals surface area contributed by atoms with Gasteiger partial charge in [-0.05, 0) is 17.0 Å². The lowest BCUT2D eigenvalue weighted by Gasteiger charge is -2.32. The molecule has 0 aliphatic carbocycles. The van der Waals surface area contributed by atoms with E-state index in [2.05, 4.69) is 0 Å². The summed E-state index contributed by atoms with van der Waals surface area (Å²) in [6.45, 7) is 5.19. The van der Waals surface area contributed by atoms with Crippen LogP contribution in [0.2, 0.25) is 0 Å². The molecule has 0 unspecified atom stereocenters. The summed E-state index contributed by atoms with van der Waals surface area (Å²) < 4.78 is 38.5. The Morgan fingerprint density at radius 1 is 1.11 bits per heavy atom. The summed E-state index contributed by atoms with van der Waals surface area (Å²) in [5, 5.41) is 10.0. The normalized spacial score (nSPS) is 15.6. The van der Waals surface area contributed by atoms with Gasteiger partial charge in [-0.2, -0.15) is 13.2 Å². The highest BCUT2D eigenvalue weighted by Gasteiger charge is 2.37. The maximum absolute atomic E-state index is 12.8. The number of hydrogen-bond acceptors (Lipinski definition) is 2. The molecule has 6 heteroatoms. The molecule has 0 aromatic heterocycles. The van der Waals surface area contributed by atoms with Crippen molar-refractivity contribution in [2.75, 3.05) is 0 Å². The lowest BCUT2D eigenvalue weighted by molar-refractivity contribution is -0.138. The molecule has 1 rings (SSSR count). The van der Waals surface area contributed by atoms with E-state index in [1.165, 1.54) is 18.2 Å². The first-order chi connectivity index (χ1) is 8.05. The van der Waals surface area contributed by atoms with Crippen molar-refractivity contribution in [2.45, 2.75) is 39.1 Å². The zero-order valence-electron chi connectivity index (χ0n) is 11.0. The number of rotatable bonds is 2. The fraction of sp³-hybridized carbons (Fsp3) is 0.538. The van der Waals surface area contributed by atoms with Crippen molar-refractivity contribution in [2.24, 2.45) is 11.1 Å². The Labute approximate surface area is 117 Å². The van der Waals surface area contributed by atoms with Gasteiger partial charge < -0.3 is 10.8 Å². The molecule has 3 N–H and O–H groups in total. The standard InChI is InChI=1S/C13H18F3NO.ClH/c1-12(2,3)11(18)10(17)8-6-4-5-7-9(8)13(14,15)16;/h4-7,10-11,18H,17H2,1-3H3;1H/t10-,11-;/m0./s1. The minimum atomic E-state index is -4.47. The zero-order valence-corrected chi connectivity index (χ0v) is 11.8. The van der Waals surface area contributed by atoms with E-state index in [0.717, 1.165) is 6.07 Å². The van der Waals surface area contributed by atoms with E-state index < -0.39 is 29.3 Å². The number of alkyl halides is 3. The second kappa shape index (κ2) is 6.11. The summed E-state index contributed by atoms with van der Waals surface area (Å²) in [5.74, 6) is 0. The molecule has 0 amide bonds. The van der Waals surface area contributed by atoms with Crippen molar-refractivity contribution >= 4 is 12.4 Å². The molecule has 0 aliphatic rings. The topological polar surface area (TPSA) is 46.2 Å². The first-order valence-electron chi connectivity index (χ1n) is 5.65. The number of aliphatic hydroxyl groups is 1. The molecule has 0 spiro atoms. The average molecular weight is 298 g/mol. The van der Waals surface area contributed by atoms with E-state index in [4.69, 9.17) is 5.73 Å². The average Bonchev–Trinajstić information content (AvgIpc) is 2.24. The molecule has 0 radical (unpaired) electrons. The number of hydrogen-bond donors (Lipinski definition) is 2. The Morgan fingerprint density at radius 2 is 1.58 bits per heavy atom. The van der Waals surface area contributed by atoms with Crippen LogP contribution in [0.5, 0.6) is 0 Å². The number of nitrogens with two attached hydrogens (primary N) is 1. The van der Waals surface area contributed by atoms with Crippen LogP contribution in [-0.2, 0) is 6.18 Å². The van der Waals surface area contributed by atoms with Crippen LogP contribution >= 0.6 is 12.4 Å². The van der Waals surface area contributed by atoms with Crippen LogP contribution < -0.4 is 5.73 Å². The van der Waals surface area contributed by atoms with Gasteiger partial charge in [-0.3, -0.25) is 0 Å². The fourth-order valence-corrected chi connectivity index (χ4v) is 1.75. The van der Waals surface area contributed by atoms with Gasteiger partial charge in [-0.1, -0.05) is 39.0 Å². The minimum absolute atomic E-state index is 0. The maximum atomic E-state index is 12.8. The van der Waals surface area contributed by atoms with Crippen molar-refractivity contribution in [3.63, 3.8) is 0 Å². The summed E-state index contributed by atoms with van der Waals surface area (Å²) in [5.41, 5.74) is 4.32. The van der Waals surface area contributed by atoms with E-state index in [-0.39, 0.29) is 18.0 Å². The first kappa shape index (κ1) is 18.2. The number of aliphatic hydroxyl groups excluding tert-OH is 1. The molecule has 0 aliphatic heterocycles. The highest BCUT2D eigenvalue weighted by molar-refractivity contribution is 5.85. The van der Waals surface area contributed by atoms with Gasteiger partial charge in [0.1, 0.15) is 0 Å². The van der Waals surface area contributed by atoms with Gasteiger partial charge >= 0.3 is 6.18 Å². The quantitative estimate of drug-likeness (QED) is 0.877. The second-order valence-electron chi connectivity index (χ2n) is 5.42. The van der Waals surface area contributed by atoms with Gasteiger partial charge in [0.2, 0.25) is 0 Å². The molecule has 0 saturated heterocycles. The summed E-state index contributed by atoms with van der Waals surface area (Å²) >= 11 is 0. The summed E-state index contributed by atoms with van der Waals surface area (Å²) in [6.07, 6.45) is -5.52. The monoisotopic (exact) mass is 297 g/mol. The Bertz CT molecular complexity index is 415. The van der Waals surface area contributed by atoms with Crippen molar-refractivity contribution in [3.05, 3.63) is 35.4 Å². The predicted molar refractivity (Wildman–Crippen MR) is 71.1 cm³/mol. The zero-order chi connectivity index (χ0) is 14.1. The van der Waals surface area contributed by atoms with Crippen LogP contribution in [0.3, 0.4) is 0 Å². The van der Waals surface area contributed by atoms with Crippen LogP contribution in [-0.4, -0.2) is 11.2 Å². The highest BCUT2D eigenvalue weighted by Crippen LogP contribution is 2.37. The van der Waals surface area contributed by atoms with Crippen LogP contribution in [0, 0.1) is 5.41 Å². The molecule has 1 aromatic carbocycles. The van der Waals surface area contributed by atoms with Crippen LogP contribution in [0.15, 0.2) is 24.3 Å². The SMILES string of the molecule is CC(C)(C)[C@@H](O)[C@@H](N)c1ccccc1C(F)(F)F.Cl. The summed E-state index contributed by atoms with van der Waals surface area (Å²) in [4.78, 5) is 0. The van der Waals surface area contributed by atoms with Crippen LogP contribution in [0.4, 0.5) is 13.2 Å². The van der Waals surface area contributed by atoms with Gasteiger partial charge in [0, 0.05) is 0 Å². The largest absolute Gasteiger partial charge is 0.416 e. The van der Waals surface area contributed by atoms with Crippen molar-refractivity contribution < 1.29 is 18.3 Å². The highest BCUT2D eigenvalue weighted by atomic mass is 35.5. The van der Waals surface area contributed by atoms with E-state index in [0.29, 0.717) is 0 Å². The first-order valence-corrected chi connectivity index (χ1v) is 5.65. The Morgan fingerprint density at radius 3 is 2.00 bits per heavy atom. The molecule has 0 fully saturated rings. The molecular weight excluding hydrogens is 279 g/mol. The minimum Gasteiger partial charge on any atom is -0.391 e. The molecule has 1 aromatic rings. The predicted octanol–water partition coefficient (Wildman–Crippen LogP) is 3.53. The molecule has 0 heterocycles. The van der Waals surface area contributed by atoms with Crippen molar-refractivity contribution in [1.82, 2.24) is 0 Å². The smallest absolute Gasteiger partial charge is 0.391 e. The van der Waals surface area contributed by atoms with Gasteiger partial charge in [0.15, 0.2) is 0 Å². The van der Waals surface area contributed by atoms with Gasteiger partial charge in [-0.25, -0.2) is 0 Å². The van der Waals surface area contributed by atoms with E-state index in [1.807, 2.05) is 0 Å². The van der Waals surface area contributed by atoms with E-state index in [9.17, 15) is 18.3 Å². The third kappa shape index (κ3) is 4.37. The van der Waals surface area contributed by atoms with Crippen molar-refractivity contribution in [3.8, 4) is 0 Å². The number of benzene rings is 1. The summed E-state index contributed by atoms with van der Waals surface area (Å²) in [6, 6.07) is 4.01. The van der Waals surface area contributed by atoms with Crippen molar-refractivity contribution in [1.29, 1.82) is 0 Å². The third-order valence-corrected chi connectivity index (χ3v) is 2.85.